The molecule has 1 aromatic carbocycles. The third-order valence-electron chi connectivity index (χ3n) is 4.83. The first-order valence-electron chi connectivity index (χ1n) is 7.69. The fourth-order valence-electron chi connectivity index (χ4n) is 3.62. The van der Waals surface area contributed by atoms with E-state index in [2.05, 4.69) is 22.9 Å². The van der Waals surface area contributed by atoms with Gasteiger partial charge in [-0.15, -0.1) is 0 Å². The minimum Gasteiger partial charge on any atom is -0.492 e. The highest BCUT2D eigenvalue weighted by Crippen LogP contribution is 2.36. The van der Waals surface area contributed by atoms with E-state index in [1.807, 2.05) is 19.1 Å². The SMILES string of the molecule is CCOc1cccc(N2CCC3CCC(C2)N3C)c1N. The maximum atomic E-state index is 6.30. The van der Waals surface area contributed by atoms with Gasteiger partial charge < -0.3 is 15.4 Å². The molecule has 0 saturated carbocycles. The summed E-state index contributed by atoms with van der Waals surface area (Å²) in [6.45, 7) is 4.81. The summed E-state index contributed by atoms with van der Waals surface area (Å²) >= 11 is 0. The fraction of sp³-hybridized carbons (Fsp3) is 0.625. The molecule has 2 aliphatic heterocycles. The molecule has 0 aromatic heterocycles. The molecule has 4 heteroatoms. The number of nitrogens with two attached hydrogens (primary N) is 1. The summed E-state index contributed by atoms with van der Waals surface area (Å²) in [4.78, 5) is 5.00. The van der Waals surface area contributed by atoms with Crippen LogP contribution in [0.2, 0.25) is 0 Å². The van der Waals surface area contributed by atoms with E-state index in [0.29, 0.717) is 12.6 Å². The molecule has 3 rings (SSSR count). The summed E-state index contributed by atoms with van der Waals surface area (Å²) in [6, 6.07) is 7.54. The predicted molar refractivity (Wildman–Crippen MR) is 83.4 cm³/mol. The van der Waals surface area contributed by atoms with Crippen LogP contribution in [0, 0.1) is 0 Å². The Morgan fingerprint density at radius 2 is 2.05 bits per heavy atom. The van der Waals surface area contributed by atoms with Gasteiger partial charge in [0.1, 0.15) is 5.75 Å². The Balaban J connectivity index is 1.84. The zero-order valence-electron chi connectivity index (χ0n) is 12.5. The lowest BCUT2D eigenvalue weighted by Gasteiger charge is -2.29. The van der Waals surface area contributed by atoms with Crippen LogP contribution in [0.3, 0.4) is 0 Å². The van der Waals surface area contributed by atoms with Gasteiger partial charge in [0.25, 0.3) is 0 Å². The normalized spacial score (nSPS) is 26.6. The molecule has 2 bridgehead atoms. The third kappa shape index (κ3) is 2.33. The number of anilines is 2. The molecule has 2 saturated heterocycles. The lowest BCUT2D eigenvalue weighted by Crippen LogP contribution is -2.36. The van der Waals surface area contributed by atoms with Gasteiger partial charge in [0, 0.05) is 25.2 Å². The highest BCUT2D eigenvalue weighted by molar-refractivity contribution is 5.74. The number of hydrogen-bond donors (Lipinski definition) is 1. The minimum atomic E-state index is 0.654. The van der Waals surface area contributed by atoms with Crippen molar-refractivity contribution in [1.82, 2.24) is 4.90 Å². The van der Waals surface area contributed by atoms with Gasteiger partial charge in [-0.2, -0.15) is 0 Å². The van der Waals surface area contributed by atoms with Crippen molar-refractivity contribution in [1.29, 1.82) is 0 Å². The van der Waals surface area contributed by atoms with Gasteiger partial charge in [-0.05, 0) is 45.4 Å². The summed E-state index contributed by atoms with van der Waals surface area (Å²) in [5.74, 6) is 0.813. The Morgan fingerprint density at radius 1 is 1.25 bits per heavy atom. The molecule has 110 valence electrons. The van der Waals surface area contributed by atoms with E-state index in [1.54, 1.807) is 0 Å². The number of nitrogen functional groups attached to an aromatic ring is 1. The molecule has 0 amide bonds. The van der Waals surface area contributed by atoms with Crippen molar-refractivity contribution < 1.29 is 4.74 Å². The van der Waals surface area contributed by atoms with Gasteiger partial charge in [-0.1, -0.05) is 6.07 Å². The second kappa shape index (κ2) is 5.52. The van der Waals surface area contributed by atoms with Crippen molar-refractivity contribution in [3.63, 3.8) is 0 Å². The number of para-hydroxylation sites is 1. The van der Waals surface area contributed by atoms with Crippen LogP contribution in [0.4, 0.5) is 11.4 Å². The van der Waals surface area contributed by atoms with E-state index < -0.39 is 0 Å². The third-order valence-corrected chi connectivity index (χ3v) is 4.83. The number of likely N-dealkylation sites (N-methyl/N-ethyl adjacent to an activating group) is 1. The number of hydrogen-bond acceptors (Lipinski definition) is 4. The first kappa shape index (κ1) is 13.6. The monoisotopic (exact) mass is 275 g/mol. The average molecular weight is 275 g/mol. The highest BCUT2D eigenvalue weighted by atomic mass is 16.5. The lowest BCUT2D eigenvalue weighted by molar-refractivity contribution is 0.254. The Morgan fingerprint density at radius 3 is 2.85 bits per heavy atom. The second-order valence-electron chi connectivity index (χ2n) is 5.91. The minimum absolute atomic E-state index is 0.654. The molecule has 2 heterocycles. The standard InChI is InChI=1S/C16H25N3O/c1-3-20-15-6-4-5-14(16(15)17)19-10-9-12-7-8-13(11-19)18(12)2/h4-6,12-13H,3,7-11,17H2,1-2H3. The van der Waals surface area contributed by atoms with Crippen LogP contribution < -0.4 is 15.4 Å². The van der Waals surface area contributed by atoms with Gasteiger partial charge in [-0.3, -0.25) is 4.90 Å². The van der Waals surface area contributed by atoms with Crippen molar-refractivity contribution in [3.05, 3.63) is 18.2 Å². The molecule has 2 N–H and O–H groups in total. The van der Waals surface area contributed by atoms with Crippen LogP contribution in [-0.4, -0.2) is 43.7 Å². The predicted octanol–water partition coefficient (Wildman–Crippen LogP) is 2.34. The number of nitrogens with zero attached hydrogens (tertiary/aromatic N) is 2. The summed E-state index contributed by atoms with van der Waals surface area (Å²) in [5.41, 5.74) is 8.23. The summed E-state index contributed by atoms with van der Waals surface area (Å²) in [6.07, 6.45) is 3.89. The van der Waals surface area contributed by atoms with Crippen LogP contribution in [0.5, 0.6) is 5.75 Å². The molecule has 0 spiro atoms. The van der Waals surface area contributed by atoms with E-state index in [0.717, 1.165) is 36.3 Å². The number of benzene rings is 1. The molecule has 4 nitrogen and oxygen atoms in total. The van der Waals surface area contributed by atoms with Gasteiger partial charge in [0.15, 0.2) is 0 Å². The van der Waals surface area contributed by atoms with Crippen LogP contribution >= 0.6 is 0 Å². The molecule has 2 aliphatic rings. The van der Waals surface area contributed by atoms with Gasteiger partial charge in [0.2, 0.25) is 0 Å². The molecule has 0 radical (unpaired) electrons. The van der Waals surface area contributed by atoms with Crippen molar-refractivity contribution >= 4 is 11.4 Å². The van der Waals surface area contributed by atoms with E-state index in [4.69, 9.17) is 10.5 Å². The second-order valence-corrected chi connectivity index (χ2v) is 5.91. The van der Waals surface area contributed by atoms with Crippen molar-refractivity contribution in [2.24, 2.45) is 0 Å². The largest absolute Gasteiger partial charge is 0.492 e. The quantitative estimate of drug-likeness (QED) is 0.860. The molecule has 20 heavy (non-hydrogen) atoms. The number of fused-ring (bicyclic) bond motifs is 2. The Bertz CT molecular complexity index is 477. The van der Waals surface area contributed by atoms with Gasteiger partial charge >= 0.3 is 0 Å². The molecular weight excluding hydrogens is 250 g/mol. The first-order valence-corrected chi connectivity index (χ1v) is 7.69. The van der Waals surface area contributed by atoms with Crippen LogP contribution in [0.15, 0.2) is 18.2 Å². The summed E-state index contributed by atoms with van der Waals surface area (Å²) < 4.78 is 5.62. The smallest absolute Gasteiger partial charge is 0.144 e. The van der Waals surface area contributed by atoms with Crippen molar-refractivity contribution in [2.75, 3.05) is 37.4 Å². The van der Waals surface area contributed by atoms with Crippen LogP contribution in [0.25, 0.3) is 0 Å². The van der Waals surface area contributed by atoms with Crippen LogP contribution in [0.1, 0.15) is 26.2 Å². The van der Waals surface area contributed by atoms with E-state index in [9.17, 15) is 0 Å². The molecule has 2 unspecified atom stereocenters. The topological polar surface area (TPSA) is 41.7 Å². The van der Waals surface area contributed by atoms with E-state index >= 15 is 0 Å². The highest BCUT2D eigenvalue weighted by Gasteiger charge is 2.35. The zero-order chi connectivity index (χ0) is 14.1. The molecule has 1 aromatic rings. The Hall–Kier alpha value is -1.42. The first-order chi connectivity index (χ1) is 9.70. The average Bonchev–Trinajstić information content (AvgIpc) is 2.67. The maximum absolute atomic E-state index is 6.30. The Labute approximate surface area is 121 Å². The summed E-state index contributed by atoms with van der Waals surface area (Å²) in [7, 11) is 2.27. The maximum Gasteiger partial charge on any atom is 0.144 e. The molecular formula is C16H25N3O. The molecule has 0 aliphatic carbocycles. The van der Waals surface area contributed by atoms with Crippen LogP contribution in [-0.2, 0) is 0 Å². The number of ether oxygens (including phenoxy) is 1. The zero-order valence-corrected chi connectivity index (χ0v) is 12.5. The fourth-order valence-corrected chi connectivity index (χ4v) is 3.62. The lowest BCUT2D eigenvalue weighted by atomic mass is 10.1. The van der Waals surface area contributed by atoms with Crippen molar-refractivity contribution in [3.8, 4) is 5.75 Å². The van der Waals surface area contributed by atoms with Gasteiger partial charge in [0.05, 0.1) is 18.0 Å². The molecule has 2 fully saturated rings. The molecule has 2 atom stereocenters. The Kier molecular flexibility index (Phi) is 3.74. The van der Waals surface area contributed by atoms with Gasteiger partial charge in [-0.25, -0.2) is 0 Å². The number of rotatable bonds is 3. The van der Waals surface area contributed by atoms with E-state index in [-0.39, 0.29) is 0 Å². The van der Waals surface area contributed by atoms with E-state index in [1.165, 1.54) is 19.3 Å². The van der Waals surface area contributed by atoms with Crippen molar-refractivity contribution in [2.45, 2.75) is 38.3 Å². The summed E-state index contributed by atoms with van der Waals surface area (Å²) in [5, 5.41) is 0.